The number of hydrogen-bond donors (Lipinski definition) is 0. The van der Waals surface area contributed by atoms with Gasteiger partial charge in [0.05, 0.1) is 5.69 Å². The third-order valence-corrected chi connectivity index (χ3v) is 3.49. The van der Waals surface area contributed by atoms with Crippen LogP contribution in [0.25, 0.3) is 0 Å². The molecule has 19 heavy (non-hydrogen) atoms. The molecular weight excluding hydrogens is 240 g/mol. The van der Waals surface area contributed by atoms with Crippen molar-refractivity contribution in [1.82, 2.24) is 15.0 Å². The predicted molar refractivity (Wildman–Crippen MR) is 73.0 cm³/mol. The normalized spacial score (nSPS) is 16.8. The van der Waals surface area contributed by atoms with Gasteiger partial charge in [-0.1, -0.05) is 5.16 Å². The van der Waals surface area contributed by atoms with Crippen molar-refractivity contribution in [2.45, 2.75) is 13.5 Å². The molecule has 0 aromatic carbocycles. The van der Waals surface area contributed by atoms with E-state index in [0.29, 0.717) is 0 Å². The number of piperazine rings is 1. The minimum absolute atomic E-state index is 0.875. The molecule has 0 amide bonds. The van der Waals surface area contributed by atoms with E-state index in [-0.39, 0.29) is 0 Å². The van der Waals surface area contributed by atoms with Crippen LogP contribution in [-0.2, 0) is 6.54 Å². The minimum Gasteiger partial charge on any atom is -0.369 e. The summed E-state index contributed by atoms with van der Waals surface area (Å²) in [6.07, 6.45) is 3.51. The molecule has 0 atom stereocenters. The average molecular weight is 258 g/mol. The fourth-order valence-corrected chi connectivity index (χ4v) is 2.44. The first-order valence-electron chi connectivity index (χ1n) is 6.60. The quantitative estimate of drug-likeness (QED) is 0.838. The Labute approximate surface area is 112 Å². The molecule has 2 aromatic heterocycles. The molecule has 0 spiro atoms. The number of anilines is 1. The molecule has 2 aromatic rings. The van der Waals surface area contributed by atoms with Crippen LogP contribution in [0.3, 0.4) is 0 Å². The van der Waals surface area contributed by atoms with Gasteiger partial charge in [0.2, 0.25) is 0 Å². The Kier molecular flexibility index (Phi) is 3.46. The third-order valence-electron chi connectivity index (χ3n) is 3.49. The number of aromatic nitrogens is 2. The van der Waals surface area contributed by atoms with E-state index in [4.69, 9.17) is 4.52 Å². The molecule has 1 saturated heterocycles. The van der Waals surface area contributed by atoms with Gasteiger partial charge in [-0.25, -0.2) is 0 Å². The van der Waals surface area contributed by atoms with Crippen LogP contribution in [-0.4, -0.2) is 41.2 Å². The number of pyridine rings is 1. The first-order valence-corrected chi connectivity index (χ1v) is 6.60. The van der Waals surface area contributed by atoms with Crippen LogP contribution in [0, 0.1) is 6.92 Å². The fourth-order valence-electron chi connectivity index (χ4n) is 2.44. The summed E-state index contributed by atoms with van der Waals surface area (Å²) in [4.78, 5) is 9.06. The number of hydrogen-bond acceptors (Lipinski definition) is 5. The van der Waals surface area contributed by atoms with Gasteiger partial charge in [0, 0.05) is 56.4 Å². The topological polar surface area (TPSA) is 45.4 Å². The zero-order chi connectivity index (χ0) is 13.1. The zero-order valence-corrected chi connectivity index (χ0v) is 11.1. The second-order valence-electron chi connectivity index (χ2n) is 4.91. The lowest BCUT2D eigenvalue weighted by Gasteiger charge is -2.35. The van der Waals surface area contributed by atoms with Gasteiger partial charge in [-0.05, 0) is 19.1 Å². The van der Waals surface area contributed by atoms with Gasteiger partial charge in [0.1, 0.15) is 6.26 Å². The number of aryl methyl sites for hydroxylation is 1. The number of nitrogens with zero attached hydrogens (tertiary/aromatic N) is 4. The van der Waals surface area contributed by atoms with Crippen LogP contribution in [0.2, 0.25) is 0 Å². The summed E-state index contributed by atoms with van der Waals surface area (Å²) in [5.41, 5.74) is 3.35. The van der Waals surface area contributed by atoms with E-state index in [1.54, 1.807) is 6.26 Å². The van der Waals surface area contributed by atoms with Gasteiger partial charge >= 0.3 is 0 Å². The van der Waals surface area contributed by atoms with Crippen LogP contribution < -0.4 is 4.90 Å². The molecule has 0 radical (unpaired) electrons. The van der Waals surface area contributed by atoms with Crippen molar-refractivity contribution in [2.24, 2.45) is 0 Å². The number of rotatable bonds is 3. The monoisotopic (exact) mass is 258 g/mol. The smallest absolute Gasteiger partial charge is 0.124 e. The van der Waals surface area contributed by atoms with E-state index in [0.717, 1.165) is 44.1 Å². The fraction of sp³-hybridized carbons (Fsp3) is 0.429. The standard InChI is InChI=1S/C14H18N4O/c1-12-10-14(2-4-15-12)18-7-5-17(6-8-18)11-13-3-9-19-16-13/h2-4,9-10H,5-8,11H2,1H3. The summed E-state index contributed by atoms with van der Waals surface area (Å²) in [7, 11) is 0. The Morgan fingerprint density at radius 2 is 2.05 bits per heavy atom. The maximum absolute atomic E-state index is 4.87. The molecule has 3 rings (SSSR count). The van der Waals surface area contributed by atoms with E-state index in [2.05, 4.69) is 32.1 Å². The van der Waals surface area contributed by atoms with Gasteiger partial charge in [0.15, 0.2) is 0 Å². The highest BCUT2D eigenvalue weighted by atomic mass is 16.5. The molecule has 0 bridgehead atoms. The summed E-state index contributed by atoms with van der Waals surface area (Å²) in [5.74, 6) is 0. The van der Waals surface area contributed by atoms with Crippen molar-refractivity contribution in [3.63, 3.8) is 0 Å². The lowest BCUT2D eigenvalue weighted by Crippen LogP contribution is -2.46. The molecule has 5 nitrogen and oxygen atoms in total. The van der Waals surface area contributed by atoms with Crippen LogP contribution in [0.1, 0.15) is 11.4 Å². The Bertz CT molecular complexity index is 518. The highest BCUT2D eigenvalue weighted by molar-refractivity contribution is 5.46. The highest BCUT2D eigenvalue weighted by Crippen LogP contribution is 2.17. The molecule has 0 aliphatic carbocycles. The highest BCUT2D eigenvalue weighted by Gasteiger charge is 2.18. The molecular formula is C14H18N4O. The van der Waals surface area contributed by atoms with Gasteiger partial charge < -0.3 is 9.42 Å². The molecule has 0 unspecified atom stereocenters. The summed E-state index contributed by atoms with van der Waals surface area (Å²) in [6.45, 7) is 7.09. The Morgan fingerprint density at radius 1 is 1.21 bits per heavy atom. The molecule has 0 N–H and O–H groups in total. The van der Waals surface area contributed by atoms with Crippen LogP contribution >= 0.6 is 0 Å². The van der Waals surface area contributed by atoms with E-state index in [1.165, 1.54) is 5.69 Å². The predicted octanol–water partition coefficient (Wildman–Crippen LogP) is 1.70. The van der Waals surface area contributed by atoms with E-state index in [9.17, 15) is 0 Å². The molecule has 5 heteroatoms. The van der Waals surface area contributed by atoms with Crippen molar-refractivity contribution in [1.29, 1.82) is 0 Å². The Balaban J connectivity index is 1.57. The lowest BCUT2D eigenvalue weighted by atomic mass is 10.2. The summed E-state index contributed by atoms with van der Waals surface area (Å²) in [6, 6.07) is 6.16. The molecule has 3 heterocycles. The van der Waals surface area contributed by atoms with Crippen molar-refractivity contribution < 1.29 is 4.52 Å². The minimum atomic E-state index is 0.875. The first-order chi connectivity index (χ1) is 9.31. The first kappa shape index (κ1) is 12.2. The zero-order valence-electron chi connectivity index (χ0n) is 11.1. The largest absolute Gasteiger partial charge is 0.369 e. The van der Waals surface area contributed by atoms with Crippen LogP contribution in [0.4, 0.5) is 5.69 Å². The SMILES string of the molecule is Cc1cc(N2CCN(Cc3ccon3)CC2)ccn1. The van der Waals surface area contributed by atoms with Crippen LogP contribution in [0.5, 0.6) is 0 Å². The van der Waals surface area contributed by atoms with Crippen molar-refractivity contribution in [2.75, 3.05) is 31.1 Å². The van der Waals surface area contributed by atoms with E-state index < -0.39 is 0 Å². The maximum Gasteiger partial charge on any atom is 0.124 e. The second kappa shape index (κ2) is 5.40. The lowest BCUT2D eigenvalue weighted by molar-refractivity contribution is 0.242. The van der Waals surface area contributed by atoms with Gasteiger partial charge in [-0.2, -0.15) is 0 Å². The van der Waals surface area contributed by atoms with E-state index >= 15 is 0 Å². The van der Waals surface area contributed by atoms with Gasteiger partial charge in [-0.3, -0.25) is 9.88 Å². The molecule has 1 aliphatic rings. The van der Waals surface area contributed by atoms with Crippen molar-refractivity contribution >= 4 is 5.69 Å². The van der Waals surface area contributed by atoms with Gasteiger partial charge in [0.25, 0.3) is 0 Å². The third kappa shape index (κ3) is 2.93. The summed E-state index contributed by atoms with van der Waals surface area (Å²) >= 11 is 0. The van der Waals surface area contributed by atoms with E-state index in [1.807, 2.05) is 19.2 Å². The molecule has 1 fully saturated rings. The van der Waals surface area contributed by atoms with Crippen molar-refractivity contribution in [3.8, 4) is 0 Å². The summed E-state index contributed by atoms with van der Waals surface area (Å²) < 4.78 is 4.87. The molecule has 1 aliphatic heterocycles. The van der Waals surface area contributed by atoms with Crippen LogP contribution in [0.15, 0.2) is 35.2 Å². The Hall–Kier alpha value is -1.88. The van der Waals surface area contributed by atoms with Crippen molar-refractivity contribution in [3.05, 3.63) is 42.0 Å². The summed E-state index contributed by atoms with van der Waals surface area (Å²) in [5, 5.41) is 3.96. The van der Waals surface area contributed by atoms with Gasteiger partial charge in [-0.15, -0.1) is 0 Å². The molecule has 0 saturated carbocycles. The molecule has 100 valence electrons. The maximum atomic E-state index is 4.87. The average Bonchev–Trinajstić information content (AvgIpc) is 2.92. The second-order valence-corrected chi connectivity index (χ2v) is 4.91. The Morgan fingerprint density at radius 3 is 2.74 bits per heavy atom.